The van der Waals surface area contributed by atoms with Gasteiger partial charge in [0.05, 0.1) is 6.61 Å². The highest BCUT2D eigenvalue weighted by Crippen LogP contribution is 1.91. The fourth-order valence-corrected chi connectivity index (χ4v) is 0.356. The molecule has 0 heterocycles. The summed E-state index contributed by atoms with van der Waals surface area (Å²) >= 11 is 0. The van der Waals surface area contributed by atoms with Gasteiger partial charge in [-0.15, -0.1) is 12.3 Å². The Balaban J connectivity index is 2.99. The summed E-state index contributed by atoms with van der Waals surface area (Å²) in [4.78, 5) is 0. The van der Waals surface area contributed by atoms with Crippen LogP contribution in [0.4, 0.5) is 0 Å². The highest BCUT2D eigenvalue weighted by Gasteiger charge is 1.93. The van der Waals surface area contributed by atoms with Crippen molar-refractivity contribution < 1.29 is 9.47 Å². The number of hydrogen-bond acceptors (Lipinski definition) is 2. The van der Waals surface area contributed by atoms with Gasteiger partial charge in [-0.1, -0.05) is 0 Å². The zero-order chi connectivity index (χ0) is 7.11. The van der Waals surface area contributed by atoms with Crippen LogP contribution < -0.4 is 0 Å². The molecule has 1 atom stereocenters. The van der Waals surface area contributed by atoms with Crippen molar-refractivity contribution in [3.63, 3.8) is 0 Å². The molecule has 0 aromatic rings. The summed E-state index contributed by atoms with van der Waals surface area (Å²) in [5, 5.41) is 0. The minimum Gasteiger partial charge on any atom is -0.359 e. The second kappa shape index (κ2) is 5.61. The lowest BCUT2D eigenvalue weighted by Gasteiger charge is -2.03. The van der Waals surface area contributed by atoms with E-state index in [9.17, 15) is 0 Å². The lowest BCUT2D eigenvalue weighted by atomic mass is 10.2. The summed E-state index contributed by atoms with van der Waals surface area (Å²) in [6.45, 7) is 2.83. The minimum absolute atomic E-state index is 0.181. The van der Waals surface area contributed by atoms with Crippen molar-refractivity contribution >= 4 is 0 Å². The fourth-order valence-electron chi connectivity index (χ4n) is 0.356. The van der Waals surface area contributed by atoms with Crippen LogP contribution >= 0.6 is 0 Å². The van der Waals surface area contributed by atoms with E-state index in [1.165, 1.54) is 0 Å². The van der Waals surface area contributed by atoms with Crippen molar-refractivity contribution in [2.45, 2.75) is 6.92 Å². The molecule has 0 saturated carbocycles. The minimum atomic E-state index is 0.181. The van der Waals surface area contributed by atoms with E-state index in [2.05, 4.69) is 10.7 Å². The molecule has 0 aromatic heterocycles. The van der Waals surface area contributed by atoms with E-state index in [1.807, 2.05) is 6.92 Å². The molecule has 0 spiro atoms. The van der Waals surface area contributed by atoms with Crippen LogP contribution in [0.1, 0.15) is 6.92 Å². The first-order chi connectivity index (χ1) is 4.31. The summed E-state index contributed by atoms with van der Waals surface area (Å²) in [5.74, 6) is 2.72. The van der Waals surface area contributed by atoms with Crippen LogP contribution in [0.15, 0.2) is 0 Å². The van der Waals surface area contributed by atoms with Gasteiger partial charge in [0, 0.05) is 13.0 Å². The zero-order valence-corrected chi connectivity index (χ0v) is 5.89. The lowest BCUT2D eigenvalue weighted by Crippen LogP contribution is -2.05. The van der Waals surface area contributed by atoms with Gasteiger partial charge in [-0.2, -0.15) is 0 Å². The molecule has 0 amide bonds. The largest absolute Gasteiger partial charge is 0.359 e. The molecule has 2 heteroatoms. The number of rotatable bonds is 4. The molecule has 9 heavy (non-hydrogen) atoms. The molecular formula is C7H12O2. The molecular weight excluding hydrogens is 116 g/mol. The van der Waals surface area contributed by atoms with E-state index < -0.39 is 0 Å². The average molecular weight is 128 g/mol. The van der Waals surface area contributed by atoms with Gasteiger partial charge in [0.2, 0.25) is 0 Å². The van der Waals surface area contributed by atoms with E-state index in [0.717, 1.165) is 0 Å². The summed E-state index contributed by atoms with van der Waals surface area (Å²) < 4.78 is 9.62. The standard InChI is InChI=1S/C7H12O2/c1-4-7(2)5-9-6-8-3/h1,7H,5-6H2,2-3H3/t7-/m0/s1. The van der Waals surface area contributed by atoms with Gasteiger partial charge in [0.1, 0.15) is 6.79 Å². The van der Waals surface area contributed by atoms with Crippen LogP contribution in [0.5, 0.6) is 0 Å². The maximum Gasteiger partial charge on any atom is 0.146 e. The Morgan fingerprint density at radius 2 is 2.33 bits per heavy atom. The quantitative estimate of drug-likeness (QED) is 0.318. The molecule has 0 aliphatic rings. The van der Waals surface area contributed by atoms with E-state index in [0.29, 0.717) is 13.4 Å². The molecule has 0 unspecified atom stereocenters. The maximum absolute atomic E-state index is 5.08. The normalized spacial score (nSPS) is 12.6. The van der Waals surface area contributed by atoms with Crippen LogP contribution in [0.3, 0.4) is 0 Å². The lowest BCUT2D eigenvalue weighted by molar-refractivity contribution is -0.0363. The first kappa shape index (κ1) is 8.48. The fraction of sp³-hybridized carbons (Fsp3) is 0.714. The average Bonchev–Trinajstić information content (AvgIpc) is 1.89. The van der Waals surface area contributed by atoms with Gasteiger partial charge >= 0.3 is 0 Å². The number of methoxy groups -OCH3 is 1. The SMILES string of the molecule is C#C[C@H](C)COCOC. The van der Waals surface area contributed by atoms with Crippen LogP contribution in [-0.4, -0.2) is 20.5 Å². The summed E-state index contributed by atoms with van der Waals surface area (Å²) in [7, 11) is 1.58. The molecule has 0 radical (unpaired) electrons. The predicted octanol–water partition coefficient (Wildman–Crippen LogP) is 0.876. The Labute approximate surface area is 56.2 Å². The predicted molar refractivity (Wildman–Crippen MR) is 35.8 cm³/mol. The molecule has 2 nitrogen and oxygen atoms in total. The summed E-state index contributed by atoms with van der Waals surface area (Å²) in [5.41, 5.74) is 0. The first-order valence-corrected chi connectivity index (χ1v) is 2.84. The molecule has 0 rings (SSSR count). The molecule has 0 bridgehead atoms. The molecule has 0 saturated heterocycles. The van der Waals surface area contributed by atoms with Gasteiger partial charge < -0.3 is 9.47 Å². The van der Waals surface area contributed by atoms with Crippen molar-refractivity contribution in [3.05, 3.63) is 0 Å². The summed E-state index contributed by atoms with van der Waals surface area (Å²) in [6.07, 6.45) is 5.08. The number of hydrogen-bond donors (Lipinski definition) is 0. The second-order valence-electron chi connectivity index (χ2n) is 1.85. The Kier molecular flexibility index (Phi) is 5.29. The summed E-state index contributed by atoms with van der Waals surface area (Å²) in [6, 6.07) is 0. The maximum atomic E-state index is 5.08. The van der Waals surface area contributed by atoms with Crippen LogP contribution in [-0.2, 0) is 9.47 Å². The molecule has 0 aliphatic carbocycles. The van der Waals surface area contributed by atoms with Crippen molar-refractivity contribution in [1.29, 1.82) is 0 Å². The van der Waals surface area contributed by atoms with Crippen molar-refractivity contribution in [3.8, 4) is 12.3 Å². The number of ether oxygens (including phenoxy) is 2. The van der Waals surface area contributed by atoms with Gasteiger partial charge in [-0.05, 0) is 6.92 Å². The van der Waals surface area contributed by atoms with Gasteiger partial charge in [-0.25, -0.2) is 0 Å². The Bertz CT molecular complexity index is 93.6. The van der Waals surface area contributed by atoms with Gasteiger partial charge in [-0.3, -0.25) is 0 Å². The van der Waals surface area contributed by atoms with E-state index in [4.69, 9.17) is 11.2 Å². The van der Waals surface area contributed by atoms with Crippen LogP contribution in [0, 0.1) is 18.3 Å². The Hall–Kier alpha value is -0.520. The van der Waals surface area contributed by atoms with E-state index in [-0.39, 0.29) is 5.92 Å². The third kappa shape index (κ3) is 5.35. The third-order valence-electron chi connectivity index (χ3n) is 0.854. The molecule has 0 fully saturated rings. The first-order valence-electron chi connectivity index (χ1n) is 2.84. The number of terminal acetylenes is 1. The van der Waals surface area contributed by atoms with Crippen molar-refractivity contribution in [1.82, 2.24) is 0 Å². The Morgan fingerprint density at radius 3 is 2.78 bits per heavy atom. The highest BCUT2D eigenvalue weighted by atomic mass is 16.7. The van der Waals surface area contributed by atoms with E-state index in [1.54, 1.807) is 7.11 Å². The van der Waals surface area contributed by atoms with Crippen LogP contribution in [0.2, 0.25) is 0 Å². The third-order valence-corrected chi connectivity index (χ3v) is 0.854. The highest BCUT2D eigenvalue weighted by molar-refractivity contribution is 4.89. The van der Waals surface area contributed by atoms with Gasteiger partial charge in [0.15, 0.2) is 0 Å². The smallest absolute Gasteiger partial charge is 0.146 e. The van der Waals surface area contributed by atoms with E-state index >= 15 is 0 Å². The zero-order valence-electron chi connectivity index (χ0n) is 5.89. The Morgan fingerprint density at radius 1 is 1.67 bits per heavy atom. The molecule has 52 valence electrons. The monoisotopic (exact) mass is 128 g/mol. The van der Waals surface area contributed by atoms with Crippen LogP contribution in [0.25, 0.3) is 0 Å². The second-order valence-corrected chi connectivity index (χ2v) is 1.85. The van der Waals surface area contributed by atoms with Gasteiger partial charge in [0.25, 0.3) is 0 Å². The molecule has 0 aromatic carbocycles. The van der Waals surface area contributed by atoms with Crippen molar-refractivity contribution in [2.24, 2.45) is 5.92 Å². The van der Waals surface area contributed by atoms with Crippen molar-refractivity contribution in [2.75, 3.05) is 20.5 Å². The topological polar surface area (TPSA) is 18.5 Å². The molecule has 0 N–H and O–H groups in total. The molecule has 0 aliphatic heterocycles.